The van der Waals surface area contributed by atoms with Crippen molar-refractivity contribution in [1.29, 1.82) is 0 Å². The highest BCUT2D eigenvalue weighted by molar-refractivity contribution is 5.89. The largest absolute Gasteiger partial charge is 0.474 e. The average Bonchev–Trinajstić information content (AvgIpc) is 3.30. The van der Waals surface area contributed by atoms with Crippen molar-refractivity contribution in [1.82, 2.24) is 9.97 Å². The number of nitrogens with one attached hydrogen (secondary N) is 1. The van der Waals surface area contributed by atoms with Crippen LogP contribution >= 0.6 is 0 Å². The van der Waals surface area contributed by atoms with Gasteiger partial charge in [-0.2, -0.15) is 4.98 Å². The number of anilines is 3. The van der Waals surface area contributed by atoms with Gasteiger partial charge in [0.2, 0.25) is 11.8 Å². The van der Waals surface area contributed by atoms with Gasteiger partial charge in [0.25, 0.3) is 0 Å². The fourth-order valence-corrected chi connectivity index (χ4v) is 4.17. The van der Waals surface area contributed by atoms with Crippen LogP contribution in [-0.2, 0) is 10.2 Å². The number of aromatic nitrogens is 2. The SMILES string of the molecule is CC(=O)Nc1cc2c(cn1)C1(CC1)CN2c1cc(C)cc(OC2CC(F)C2)n1. The van der Waals surface area contributed by atoms with Crippen molar-refractivity contribution in [2.24, 2.45) is 0 Å². The van der Waals surface area contributed by atoms with Crippen molar-refractivity contribution >= 4 is 23.2 Å². The minimum absolute atomic E-state index is 0.0895. The molecule has 1 amide bonds. The second-order valence-electron chi connectivity index (χ2n) is 8.28. The van der Waals surface area contributed by atoms with Crippen molar-refractivity contribution in [3.63, 3.8) is 0 Å². The van der Waals surface area contributed by atoms with E-state index in [2.05, 4.69) is 15.2 Å². The highest BCUT2D eigenvalue weighted by Crippen LogP contribution is 2.58. The van der Waals surface area contributed by atoms with Crippen LogP contribution in [0, 0.1) is 6.92 Å². The number of hydrogen-bond acceptors (Lipinski definition) is 5. The number of ether oxygens (including phenoxy) is 1. The molecule has 0 atom stereocenters. The van der Waals surface area contributed by atoms with Crippen molar-refractivity contribution in [2.75, 3.05) is 16.8 Å². The molecule has 5 rings (SSSR count). The quantitative estimate of drug-likeness (QED) is 0.871. The fraction of sp³-hybridized carbons (Fsp3) is 0.476. The lowest BCUT2D eigenvalue weighted by molar-refractivity contribution is -0.114. The zero-order valence-corrected chi connectivity index (χ0v) is 16.0. The maximum atomic E-state index is 13.1. The Labute approximate surface area is 163 Å². The monoisotopic (exact) mass is 382 g/mol. The maximum Gasteiger partial charge on any atom is 0.222 e. The number of amides is 1. The molecule has 2 aromatic heterocycles. The summed E-state index contributed by atoms with van der Waals surface area (Å²) >= 11 is 0. The molecule has 0 aromatic carbocycles. The van der Waals surface area contributed by atoms with Gasteiger partial charge in [0.1, 0.15) is 23.9 Å². The van der Waals surface area contributed by atoms with Crippen molar-refractivity contribution < 1.29 is 13.9 Å². The molecular formula is C21H23FN4O2. The van der Waals surface area contributed by atoms with Crippen LogP contribution in [0.4, 0.5) is 21.7 Å². The van der Waals surface area contributed by atoms with E-state index in [1.165, 1.54) is 12.5 Å². The Balaban J connectivity index is 1.48. The van der Waals surface area contributed by atoms with E-state index in [1.807, 2.05) is 31.3 Å². The number of carbonyl (C=O) groups is 1. The van der Waals surface area contributed by atoms with Gasteiger partial charge in [0.05, 0.1) is 5.69 Å². The molecule has 1 N–H and O–H groups in total. The van der Waals surface area contributed by atoms with E-state index in [0.29, 0.717) is 24.5 Å². The topological polar surface area (TPSA) is 67.4 Å². The van der Waals surface area contributed by atoms with E-state index in [-0.39, 0.29) is 17.4 Å². The number of alkyl halides is 1. The van der Waals surface area contributed by atoms with Crippen molar-refractivity contribution in [3.05, 3.63) is 35.5 Å². The van der Waals surface area contributed by atoms with Crippen LogP contribution in [0.2, 0.25) is 0 Å². The first kappa shape index (κ1) is 17.4. The molecule has 146 valence electrons. The minimum atomic E-state index is -0.755. The lowest BCUT2D eigenvalue weighted by Crippen LogP contribution is -2.35. The Bertz CT molecular complexity index is 953. The lowest BCUT2D eigenvalue weighted by Gasteiger charge is -2.30. The molecule has 0 radical (unpaired) electrons. The predicted molar refractivity (Wildman–Crippen MR) is 104 cm³/mol. The number of halogens is 1. The number of rotatable bonds is 4. The molecule has 2 aromatic rings. The van der Waals surface area contributed by atoms with Gasteiger partial charge in [-0.3, -0.25) is 4.79 Å². The zero-order valence-electron chi connectivity index (χ0n) is 16.0. The summed E-state index contributed by atoms with van der Waals surface area (Å²) in [6.45, 7) is 4.33. The first-order valence-electron chi connectivity index (χ1n) is 9.77. The number of hydrogen-bond donors (Lipinski definition) is 1. The van der Waals surface area contributed by atoms with Gasteiger partial charge < -0.3 is 15.0 Å². The Kier molecular flexibility index (Phi) is 3.82. The van der Waals surface area contributed by atoms with E-state index in [0.717, 1.165) is 36.5 Å². The van der Waals surface area contributed by atoms with Crippen LogP contribution < -0.4 is 15.0 Å². The van der Waals surface area contributed by atoms with Gasteiger partial charge in [-0.1, -0.05) is 0 Å². The highest BCUT2D eigenvalue weighted by atomic mass is 19.1. The number of aryl methyl sites for hydroxylation is 1. The minimum Gasteiger partial charge on any atom is -0.474 e. The Hall–Kier alpha value is -2.70. The lowest BCUT2D eigenvalue weighted by atomic mass is 9.94. The summed E-state index contributed by atoms with van der Waals surface area (Å²) in [5, 5.41) is 2.77. The molecule has 0 bridgehead atoms. The Morgan fingerprint density at radius 1 is 1.32 bits per heavy atom. The smallest absolute Gasteiger partial charge is 0.222 e. The molecule has 1 spiro atoms. The van der Waals surface area contributed by atoms with Gasteiger partial charge in [0.15, 0.2) is 0 Å². The Morgan fingerprint density at radius 2 is 2.11 bits per heavy atom. The van der Waals surface area contributed by atoms with Crippen LogP contribution in [0.15, 0.2) is 24.4 Å². The fourth-order valence-electron chi connectivity index (χ4n) is 4.17. The second kappa shape index (κ2) is 6.15. The summed E-state index contributed by atoms with van der Waals surface area (Å²) in [7, 11) is 0. The normalized spacial score (nSPS) is 23.9. The highest BCUT2D eigenvalue weighted by Gasteiger charge is 2.52. The van der Waals surface area contributed by atoms with Gasteiger partial charge in [-0.05, 0) is 31.4 Å². The first-order valence-corrected chi connectivity index (χ1v) is 9.77. The first-order chi connectivity index (χ1) is 13.4. The molecule has 28 heavy (non-hydrogen) atoms. The summed E-state index contributed by atoms with van der Waals surface area (Å²) in [6.07, 6.45) is 4.18. The van der Waals surface area contributed by atoms with Crippen LogP contribution in [0.3, 0.4) is 0 Å². The molecule has 3 aliphatic rings. The molecule has 2 saturated carbocycles. The third-order valence-corrected chi connectivity index (χ3v) is 5.90. The molecule has 2 fully saturated rings. The van der Waals surface area contributed by atoms with Crippen molar-refractivity contribution in [3.8, 4) is 5.88 Å². The number of nitrogens with zero attached hydrogens (tertiary/aromatic N) is 3. The van der Waals surface area contributed by atoms with Crippen LogP contribution in [0.5, 0.6) is 5.88 Å². The number of fused-ring (bicyclic) bond motifs is 2. The van der Waals surface area contributed by atoms with Gasteiger partial charge in [-0.15, -0.1) is 0 Å². The summed E-state index contributed by atoms with van der Waals surface area (Å²) in [5.41, 5.74) is 3.43. The number of pyridine rings is 2. The second-order valence-corrected chi connectivity index (χ2v) is 8.28. The Morgan fingerprint density at radius 3 is 2.79 bits per heavy atom. The summed E-state index contributed by atoms with van der Waals surface area (Å²) < 4.78 is 19.0. The standard InChI is InChI=1S/C21H23FN4O2/c1-12-5-19(25-20(6-12)28-15-7-14(22)8-15)26-11-21(3-4-21)16-10-23-18(9-17(16)26)24-13(2)27/h5-6,9-10,14-15H,3-4,7-8,11H2,1-2H3,(H,23,24,27). The third-order valence-electron chi connectivity index (χ3n) is 5.90. The van der Waals surface area contributed by atoms with E-state index in [1.54, 1.807) is 0 Å². The van der Waals surface area contributed by atoms with Gasteiger partial charge in [0, 0.05) is 55.6 Å². The molecule has 2 aliphatic carbocycles. The molecule has 3 heterocycles. The van der Waals surface area contributed by atoms with Gasteiger partial charge >= 0.3 is 0 Å². The van der Waals surface area contributed by atoms with E-state index < -0.39 is 6.17 Å². The van der Waals surface area contributed by atoms with Crippen LogP contribution in [-0.4, -0.2) is 34.7 Å². The summed E-state index contributed by atoms with van der Waals surface area (Å²) in [5.74, 6) is 1.76. The maximum absolute atomic E-state index is 13.1. The molecule has 1 aliphatic heterocycles. The molecule has 0 saturated heterocycles. The van der Waals surface area contributed by atoms with E-state index >= 15 is 0 Å². The summed E-state index contributed by atoms with van der Waals surface area (Å²) in [6, 6.07) is 5.86. The third kappa shape index (κ3) is 2.99. The molecule has 0 unspecified atom stereocenters. The number of carbonyl (C=O) groups excluding carboxylic acids is 1. The summed E-state index contributed by atoms with van der Waals surface area (Å²) in [4.78, 5) is 22.8. The molecule has 6 nitrogen and oxygen atoms in total. The predicted octanol–water partition coefficient (Wildman–Crippen LogP) is 3.81. The van der Waals surface area contributed by atoms with Crippen LogP contribution in [0.25, 0.3) is 0 Å². The average molecular weight is 382 g/mol. The molecule has 7 heteroatoms. The van der Waals surface area contributed by atoms with E-state index in [4.69, 9.17) is 9.72 Å². The van der Waals surface area contributed by atoms with Gasteiger partial charge in [-0.25, -0.2) is 9.37 Å². The molecular weight excluding hydrogens is 359 g/mol. The van der Waals surface area contributed by atoms with Crippen molar-refractivity contribution in [2.45, 2.75) is 57.2 Å². The van der Waals surface area contributed by atoms with Crippen LogP contribution in [0.1, 0.15) is 43.7 Å². The van der Waals surface area contributed by atoms with E-state index in [9.17, 15) is 9.18 Å². The zero-order chi connectivity index (χ0) is 19.5.